The van der Waals surface area contributed by atoms with Crippen LogP contribution in [0.4, 0.5) is 5.69 Å². The molecule has 1 N–H and O–H groups in total. The Labute approximate surface area is 94.7 Å². The van der Waals surface area contributed by atoms with Crippen molar-refractivity contribution >= 4 is 27.2 Å². The number of hydrogen-bond donors (Lipinski definition) is 1. The Morgan fingerprint density at radius 3 is 2.38 bits per heavy atom. The van der Waals surface area contributed by atoms with Crippen LogP contribution in [0.5, 0.6) is 0 Å². The van der Waals surface area contributed by atoms with E-state index < -0.39 is 0 Å². The molecule has 3 aromatic carbocycles. The molecule has 0 spiro atoms. The molecule has 0 aliphatic carbocycles. The lowest BCUT2D eigenvalue weighted by Crippen LogP contribution is -1.87. The van der Waals surface area contributed by atoms with E-state index in [4.69, 9.17) is 0 Å². The maximum Gasteiger partial charge on any atom is 0.0344 e. The van der Waals surface area contributed by atoms with Crippen molar-refractivity contribution < 1.29 is 0 Å². The van der Waals surface area contributed by atoms with Gasteiger partial charge in [-0.3, -0.25) is 0 Å². The molecule has 1 heteroatoms. The van der Waals surface area contributed by atoms with Gasteiger partial charge in [0.2, 0.25) is 0 Å². The fourth-order valence-corrected chi connectivity index (χ4v) is 2.17. The number of rotatable bonds is 1. The average Bonchev–Trinajstić information content (AvgIpc) is 2.38. The Balaban J connectivity index is 2.43. The molecule has 3 aromatic rings. The topological polar surface area (TPSA) is 12.0 Å². The summed E-state index contributed by atoms with van der Waals surface area (Å²) in [7, 11) is 1.95. The number of benzene rings is 3. The number of nitrogens with one attached hydrogen (secondary N) is 1. The van der Waals surface area contributed by atoms with E-state index in [0.717, 1.165) is 5.69 Å². The Morgan fingerprint density at radius 2 is 1.50 bits per heavy atom. The highest BCUT2D eigenvalue weighted by Crippen LogP contribution is 2.27. The third-order valence-corrected chi connectivity index (χ3v) is 3.03. The maximum atomic E-state index is 3.17. The zero-order chi connectivity index (χ0) is 11.0. The predicted molar refractivity (Wildman–Crippen MR) is 71.0 cm³/mol. The van der Waals surface area contributed by atoms with Crippen LogP contribution in [-0.2, 0) is 0 Å². The summed E-state index contributed by atoms with van der Waals surface area (Å²) in [6, 6.07) is 19.3. The van der Waals surface area contributed by atoms with E-state index in [2.05, 4.69) is 59.9 Å². The SMILES string of the molecule is CNc1ccc2c(ccc3ccccc32)c1. The van der Waals surface area contributed by atoms with Crippen LogP contribution >= 0.6 is 0 Å². The van der Waals surface area contributed by atoms with Crippen molar-refractivity contribution in [2.45, 2.75) is 0 Å². The van der Waals surface area contributed by atoms with Gasteiger partial charge in [0.05, 0.1) is 0 Å². The van der Waals surface area contributed by atoms with E-state index in [1.54, 1.807) is 0 Å². The Hall–Kier alpha value is -2.02. The van der Waals surface area contributed by atoms with Crippen molar-refractivity contribution in [2.75, 3.05) is 12.4 Å². The second kappa shape index (κ2) is 3.53. The molecule has 3 rings (SSSR count). The fraction of sp³-hybridized carbons (Fsp3) is 0.0667. The predicted octanol–water partition coefficient (Wildman–Crippen LogP) is 4.03. The molecule has 0 saturated carbocycles. The largest absolute Gasteiger partial charge is 0.388 e. The third-order valence-electron chi connectivity index (χ3n) is 3.03. The van der Waals surface area contributed by atoms with Crippen LogP contribution in [0.3, 0.4) is 0 Å². The quantitative estimate of drug-likeness (QED) is 0.594. The molecular formula is C15H13N. The standard InChI is InChI=1S/C15H13N/c1-16-13-8-9-15-12(10-13)7-6-11-4-2-3-5-14(11)15/h2-10,16H,1H3. The second-order valence-electron chi connectivity index (χ2n) is 3.97. The van der Waals surface area contributed by atoms with Crippen LogP contribution < -0.4 is 5.32 Å². The molecule has 0 atom stereocenters. The van der Waals surface area contributed by atoms with E-state index in [-0.39, 0.29) is 0 Å². The van der Waals surface area contributed by atoms with Gasteiger partial charge in [0.25, 0.3) is 0 Å². The first kappa shape index (κ1) is 9.22. The van der Waals surface area contributed by atoms with Gasteiger partial charge in [0.1, 0.15) is 0 Å². The molecule has 0 radical (unpaired) electrons. The molecule has 0 unspecified atom stereocenters. The van der Waals surface area contributed by atoms with Crippen LogP contribution in [-0.4, -0.2) is 7.05 Å². The summed E-state index contributed by atoms with van der Waals surface area (Å²) in [5.74, 6) is 0. The third kappa shape index (κ3) is 1.33. The smallest absolute Gasteiger partial charge is 0.0344 e. The number of hydrogen-bond acceptors (Lipinski definition) is 1. The molecule has 0 amide bonds. The van der Waals surface area contributed by atoms with Crippen LogP contribution in [0.25, 0.3) is 21.5 Å². The molecule has 78 valence electrons. The Kier molecular flexibility index (Phi) is 2.03. The normalized spacial score (nSPS) is 10.8. The molecule has 16 heavy (non-hydrogen) atoms. The zero-order valence-corrected chi connectivity index (χ0v) is 9.20. The van der Waals surface area contributed by atoms with Crippen molar-refractivity contribution in [1.29, 1.82) is 0 Å². The van der Waals surface area contributed by atoms with E-state index >= 15 is 0 Å². The first-order valence-electron chi connectivity index (χ1n) is 5.48. The van der Waals surface area contributed by atoms with Crippen molar-refractivity contribution in [3.05, 3.63) is 54.6 Å². The van der Waals surface area contributed by atoms with Gasteiger partial charge < -0.3 is 5.32 Å². The molecular weight excluding hydrogens is 194 g/mol. The van der Waals surface area contributed by atoms with Crippen molar-refractivity contribution in [1.82, 2.24) is 0 Å². The van der Waals surface area contributed by atoms with Crippen LogP contribution in [0, 0.1) is 0 Å². The average molecular weight is 207 g/mol. The van der Waals surface area contributed by atoms with Gasteiger partial charge >= 0.3 is 0 Å². The molecule has 0 aliphatic rings. The molecule has 1 nitrogen and oxygen atoms in total. The van der Waals surface area contributed by atoms with Crippen LogP contribution in [0.2, 0.25) is 0 Å². The van der Waals surface area contributed by atoms with Crippen molar-refractivity contribution in [3.63, 3.8) is 0 Å². The van der Waals surface area contributed by atoms with E-state index in [9.17, 15) is 0 Å². The van der Waals surface area contributed by atoms with E-state index in [1.165, 1.54) is 21.5 Å². The molecule has 0 aromatic heterocycles. The van der Waals surface area contributed by atoms with E-state index in [1.807, 2.05) is 7.05 Å². The zero-order valence-electron chi connectivity index (χ0n) is 9.20. The monoisotopic (exact) mass is 207 g/mol. The van der Waals surface area contributed by atoms with Crippen LogP contribution in [0.1, 0.15) is 0 Å². The summed E-state index contributed by atoms with van der Waals surface area (Å²) in [4.78, 5) is 0. The summed E-state index contributed by atoms with van der Waals surface area (Å²) < 4.78 is 0. The Bertz CT molecular complexity index is 656. The molecule has 0 heterocycles. The minimum Gasteiger partial charge on any atom is -0.388 e. The maximum absolute atomic E-state index is 3.17. The highest BCUT2D eigenvalue weighted by Gasteiger charge is 1.99. The summed E-state index contributed by atoms with van der Waals surface area (Å²) in [6.45, 7) is 0. The van der Waals surface area contributed by atoms with Gasteiger partial charge in [-0.2, -0.15) is 0 Å². The minimum atomic E-state index is 1.16. The molecule has 0 fully saturated rings. The fourth-order valence-electron chi connectivity index (χ4n) is 2.17. The van der Waals surface area contributed by atoms with Crippen molar-refractivity contribution in [2.24, 2.45) is 0 Å². The summed E-state index contributed by atoms with van der Waals surface area (Å²) >= 11 is 0. The van der Waals surface area contributed by atoms with Gasteiger partial charge in [-0.25, -0.2) is 0 Å². The van der Waals surface area contributed by atoms with Gasteiger partial charge in [-0.15, -0.1) is 0 Å². The van der Waals surface area contributed by atoms with Gasteiger partial charge in [0.15, 0.2) is 0 Å². The second-order valence-corrected chi connectivity index (χ2v) is 3.97. The minimum absolute atomic E-state index is 1.16. The van der Waals surface area contributed by atoms with Gasteiger partial charge in [-0.05, 0) is 33.7 Å². The van der Waals surface area contributed by atoms with Gasteiger partial charge in [-0.1, -0.05) is 42.5 Å². The summed E-state index contributed by atoms with van der Waals surface area (Å²) in [5.41, 5.74) is 1.16. The highest BCUT2D eigenvalue weighted by atomic mass is 14.8. The first-order valence-corrected chi connectivity index (χ1v) is 5.48. The lowest BCUT2D eigenvalue weighted by molar-refractivity contribution is 1.54. The van der Waals surface area contributed by atoms with Crippen molar-refractivity contribution in [3.8, 4) is 0 Å². The molecule has 0 aliphatic heterocycles. The van der Waals surface area contributed by atoms with Gasteiger partial charge in [0, 0.05) is 12.7 Å². The lowest BCUT2D eigenvalue weighted by atomic mass is 10.0. The molecule has 0 saturated heterocycles. The molecule has 0 bridgehead atoms. The van der Waals surface area contributed by atoms with Crippen LogP contribution in [0.15, 0.2) is 54.6 Å². The summed E-state index contributed by atoms with van der Waals surface area (Å²) in [6.07, 6.45) is 0. The Morgan fingerprint density at radius 1 is 0.750 bits per heavy atom. The highest BCUT2D eigenvalue weighted by molar-refractivity contribution is 6.08. The number of fused-ring (bicyclic) bond motifs is 3. The lowest BCUT2D eigenvalue weighted by Gasteiger charge is -2.06. The summed E-state index contributed by atoms with van der Waals surface area (Å²) in [5, 5.41) is 8.39. The van der Waals surface area contributed by atoms with E-state index in [0.29, 0.717) is 0 Å². The number of anilines is 1. The first-order chi connectivity index (χ1) is 7.88.